The lowest BCUT2D eigenvalue weighted by atomic mass is 9.95. The van der Waals surface area contributed by atoms with Crippen molar-refractivity contribution in [2.75, 3.05) is 5.32 Å². The predicted molar refractivity (Wildman–Crippen MR) is 100 cm³/mol. The molecule has 1 aliphatic carbocycles. The van der Waals surface area contributed by atoms with Crippen LogP contribution in [0.15, 0.2) is 29.2 Å². The molecule has 0 bridgehead atoms. The van der Waals surface area contributed by atoms with Crippen molar-refractivity contribution in [2.24, 2.45) is 0 Å². The molecule has 2 nitrogen and oxygen atoms in total. The van der Waals surface area contributed by atoms with Gasteiger partial charge in [-0.3, -0.25) is 4.79 Å². The lowest BCUT2D eigenvalue weighted by molar-refractivity contribution is -0.112. The molecular formula is C18H16ClNOS2. The Hall–Kier alpha value is -1.23. The second-order valence-corrected chi connectivity index (χ2v) is 8.41. The number of benzene rings is 1. The van der Waals surface area contributed by atoms with Gasteiger partial charge in [0, 0.05) is 26.2 Å². The lowest BCUT2D eigenvalue weighted by Crippen LogP contribution is -2.14. The second-order valence-electron chi connectivity index (χ2n) is 5.82. The number of thiophene rings is 1. The molecule has 0 fully saturated rings. The Morgan fingerprint density at radius 3 is 2.91 bits per heavy atom. The number of rotatable bonds is 2. The number of carbonyl (C=O) groups excluding carboxylic acids is 1. The van der Waals surface area contributed by atoms with Gasteiger partial charge < -0.3 is 5.32 Å². The average Bonchev–Trinajstić information content (AvgIpc) is 2.92. The summed E-state index contributed by atoms with van der Waals surface area (Å²) in [5.41, 5.74) is 3.77. The van der Waals surface area contributed by atoms with Crippen LogP contribution in [0.4, 0.5) is 5.69 Å². The van der Waals surface area contributed by atoms with E-state index in [1.165, 1.54) is 41.0 Å². The predicted octanol–water partition coefficient (Wildman–Crippen LogP) is 5.51. The zero-order chi connectivity index (χ0) is 15.8. The number of halogens is 1. The van der Waals surface area contributed by atoms with Crippen LogP contribution < -0.4 is 5.32 Å². The second kappa shape index (κ2) is 6.34. The maximum absolute atomic E-state index is 12.5. The topological polar surface area (TPSA) is 29.1 Å². The molecule has 0 radical (unpaired) electrons. The van der Waals surface area contributed by atoms with Crippen LogP contribution in [-0.4, -0.2) is 5.91 Å². The third-order valence-electron chi connectivity index (χ3n) is 4.25. The van der Waals surface area contributed by atoms with E-state index in [1.54, 1.807) is 29.5 Å². The summed E-state index contributed by atoms with van der Waals surface area (Å²) < 4.78 is 0. The van der Waals surface area contributed by atoms with Crippen LogP contribution in [0.5, 0.6) is 0 Å². The van der Waals surface area contributed by atoms with E-state index < -0.39 is 0 Å². The number of thioether (sulfide) groups is 1. The first-order chi connectivity index (χ1) is 11.2. The molecule has 1 aromatic carbocycles. The SMILES string of the molecule is O=C(Nc1cccc(Cl)c1)C1=Cc2sc3c(c2CS1)CCCC3. The van der Waals surface area contributed by atoms with Crippen molar-refractivity contribution in [1.29, 1.82) is 0 Å². The van der Waals surface area contributed by atoms with E-state index in [2.05, 4.69) is 11.4 Å². The Balaban J connectivity index is 1.58. The highest BCUT2D eigenvalue weighted by Crippen LogP contribution is 2.42. The smallest absolute Gasteiger partial charge is 0.262 e. The molecule has 0 unspecified atom stereocenters. The fraction of sp³-hybridized carbons (Fsp3) is 0.278. The van der Waals surface area contributed by atoms with Crippen LogP contribution in [-0.2, 0) is 23.4 Å². The standard InChI is InChI=1S/C18H16ClNOS2/c19-11-4-3-5-12(8-11)20-18(21)17-9-16-14(10-22-17)13-6-1-2-7-15(13)23-16/h3-5,8-9H,1-2,6-7,10H2,(H,20,21). The molecule has 0 saturated heterocycles. The zero-order valence-corrected chi connectivity index (χ0v) is 14.9. The van der Waals surface area contributed by atoms with Crippen molar-refractivity contribution < 1.29 is 4.79 Å². The Bertz CT molecular complexity index is 809. The van der Waals surface area contributed by atoms with Crippen molar-refractivity contribution in [3.63, 3.8) is 0 Å². The van der Waals surface area contributed by atoms with Crippen LogP contribution in [0, 0.1) is 0 Å². The number of anilines is 1. The van der Waals surface area contributed by atoms with Gasteiger partial charge in [-0.2, -0.15) is 0 Å². The van der Waals surface area contributed by atoms with E-state index in [1.807, 2.05) is 23.5 Å². The molecule has 1 amide bonds. The van der Waals surface area contributed by atoms with Gasteiger partial charge in [-0.25, -0.2) is 0 Å². The fourth-order valence-electron chi connectivity index (χ4n) is 3.13. The zero-order valence-electron chi connectivity index (χ0n) is 12.5. The third kappa shape index (κ3) is 3.08. The Morgan fingerprint density at radius 1 is 1.17 bits per heavy atom. The van der Waals surface area contributed by atoms with E-state index >= 15 is 0 Å². The Kier molecular flexibility index (Phi) is 4.22. The number of amides is 1. The molecule has 4 rings (SSSR count). The van der Waals surface area contributed by atoms with E-state index in [0.29, 0.717) is 5.02 Å². The minimum Gasteiger partial charge on any atom is -0.321 e. The molecule has 1 aromatic heterocycles. The molecule has 5 heteroatoms. The van der Waals surface area contributed by atoms with Gasteiger partial charge in [0.25, 0.3) is 5.91 Å². The summed E-state index contributed by atoms with van der Waals surface area (Å²) in [6.07, 6.45) is 7.07. The molecule has 118 valence electrons. The average molecular weight is 362 g/mol. The van der Waals surface area contributed by atoms with E-state index in [0.717, 1.165) is 16.3 Å². The van der Waals surface area contributed by atoms with Crippen LogP contribution in [0.1, 0.15) is 33.7 Å². The van der Waals surface area contributed by atoms with E-state index in [4.69, 9.17) is 11.6 Å². The molecule has 2 aromatic rings. The molecule has 0 spiro atoms. The minimum atomic E-state index is -0.0470. The number of aryl methyl sites for hydroxylation is 1. The van der Waals surface area contributed by atoms with E-state index in [9.17, 15) is 4.79 Å². The first-order valence-electron chi connectivity index (χ1n) is 7.75. The number of carbonyl (C=O) groups is 1. The summed E-state index contributed by atoms with van der Waals surface area (Å²) in [5, 5.41) is 3.56. The number of hydrogen-bond donors (Lipinski definition) is 1. The van der Waals surface area contributed by atoms with Crippen molar-refractivity contribution in [3.8, 4) is 0 Å². The molecule has 2 aliphatic rings. The van der Waals surface area contributed by atoms with Crippen LogP contribution in [0.3, 0.4) is 0 Å². The van der Waals surface area contributed by atoms with Crippen molar-refractivity contribution in [1.82, 2.24) is 0 Å². The minimum absolute atomic E-state index is 0.0470. The molecule has 23 heavy (non-hydrogen) atoms. The lowest BCUT2D eigenvalue weighted by Gasteiger charge is -2.16. The highest BCUT2D eigenvalue weighted by atomic mass is 35.5. The number of fused-ring (bicyclic) bond motifs is 3. The molecule has 1 aliphatic heterocycles. The largest absolute Gasteiger partial charge is 0.321 e. The fourth-order valence-corrected chi connectivity index (χ4v) is 5.85. The molecule has 1 N–H and O–H groups in total. The van der Waals surface area contributed by atoms with Crippen molar-refractivity contribution >= 4 is 52.4 Å². The number of hydrogen-bond acceptors (Lipinski definition) is 3. The summed E-state index contributed by atoms with van der Waals surface area (Å²) in [7, 11) is 0. The molecule has 0 saturated carbocycles. The molecule has 0 atom stereocenters. The first kappa shape index (κ1) is 15.3. The van der Waals surface area contributed by atoms with Gasteiger partial charge in [0.05, 0.1) is 4.91 Å². The summed E-state index contributed by atoms with van der Waals surface area (Å²) in [5.74, 6) is 0.866. The molecule has 2 heterocycles. The van der Waals surface area contributed by atoms with Crippen LogP contribution in [0.2, 0.25) is 5.02 Å². The third-order valence-corrected chi connectivity index (χ3v) is 6.82. The number of nitrogens with one attached hydrogen (secondary N) is 1. The normalized spacial score (nSPS) is 16.3. The highest BCUT2D eigenvalue weighted by molar-refractivity contribution is 8.03. The van der Waals surface area contributed by atoms with Gasteiger partial charge in [0.1, 0.15) is 0 Å². The summed E-state index contributed by atoms with van der Waals surface area (Å²) in [6.45, 7) is 0. The van der Waals surface area contributed by atoms with Crippen molar-refractivity contribution in [3.05, 3.63) is 55.1 Å². The summed E-state index contributed by atoms with van der Waals surface area (Å²) >= 11 is 9.48. The highest BCUT2D eigenvalue weighted by Gasteiger charge is 2.25. The van der Waals surface area contributed by atoms with Crippen molar-refractivity contribution in [2.45, 2.75) is 31.4 Å². The maximum atomic E-state index is 12.5. The first-order valence-corrected chi connectivity index (χ1v) is 9.93. The Morgan fingerprint density at radius 2 is 2.04 bits per heavy atom. The van der Waals surface area contributed by atoms with Gasteiger partial charge in [-0.05, 0) is 61.1 Å². The van der Waals surface area contributed by atoms with Crippen LogP contribution >= 0.6 is 34.7 Å². The van der Waals surface area contributed by atoms with E-state index in [-0.39, 0.29) is 5.91 Å². The van der Waals surface area contributed by atoms with Gasteiger partial charge in [0.2, 0.25) is 0 Å². The molecular weight excluding hydrogens is 346 g/mol. The quantitative estimate of drug-likeness (QED) is 0.764. The maximum Gasteiger partial charge on any atom is 0.262 e. The monoisotopic (exact) mass is 361 g/mol. The van der Waals surface area contributed by atoms with Gasteiger partial charge >= 0.3 is 0 Å². The summed E-state index contributed by atoms with van der Waals surface area (Å²) in [4.78, 5) is 16.1. The van der Waals surface area contributed by atoms with Gasteiger partial charge in [-0.15, -0.1) is 23.1 Å². The van der Waals surface area contributed by atoms with Gasteiger partial charge in [0.15, 0.2) is 0 Å². The summed E-state index contributed by atoms with van der Waals surface area (Å²) in [6, 6.07) is 7.26. The van der Waals surface area contributed by atoms with Crippen LogP contribution in [0.25, 0.3) is 6.08 Å². The Labute approximate surface area is 148 Å². The van der Waals surface area contributed by atoms with Gasteiger partial charge in [-0.1, -0.05) is 17.7 Å².